The molecule has 0 radical (unpaired) electrons. The standard InChI is InChI=1S/C25H27N3O2S3/c1-5-30-24(29)21-17-9-8-16(25(2,3)4)11-20(17)33-23(21)27-13-15(12-26)22-28-18(14-32-22)19-7-6-10-31-19/h6-7,10,13-14,16,27H,5,8-9,11H2,1-4H3. The van der Waals surface area contributed by atoms with Gasteiger partial charge in [0, 0.05) is 16.5 Å². The van der Waals surface area contributed by atoms with Gasteiger partial charge in [0.2, 0.25) is 0 Å². The summed E-state index contributed by atoms with van der Waals surface area (Å²) in [6.45, 7) is 8.99. The number of nitriles is 1. The zero-order chi connectivity index (χ0) is 23.6. The Morgan fingerprint density at radius 1 is 1.39 bits per heavy atom. The molecule has 8 heteroatoms. The fraction of sp³-hybridized carbons (Fsp3) is 0.400. The quantitative estimate of drug-likeness (QED) is 0.287. The lowest BCUT2D eigenvalue weighted by molar-refractivity contribution is 0.0526. The number of rotatable bonds is 6. The van der Waals surface area contributed by atoms with Gasteiger partial charge in [0.25, 0.3) is 0 Å². The SMILES string of the molecule is CCOC(=O)c1c(NC=C(C#N)c2nc(-c3cccs3)cs2)sc2c1CCC(C(C)(C)C)C2. The molecule has 1 N–H and O–H groups in total. The van der Waals surface area contributed by atoms with Gasteiger partial charge in [-0.25, -0.2) is 9.78 Å². The van der Waals surface area contributed by atoms with Crippen molar-refractivity contribution < 1.29 is 9.53 Å². The van der Waals surface area contributed by atoms with E-state index >= 15 is 0 Å². The number of allylic oxidation sites excluding steroid dienone is 1. The van der Waals surface area contributed by atoms with Crippen molar-refractivity contribution in [3.63, 3.8) is 0 Å². The van der Waals surface area contributed by atoms with E-state index < -0.39 is 0 Å². The van der Waals surface area contributed by atoms with E-state index in [1.54, 1.807) is 28.9 Å². The van der Waals surface area contributed by atoms with Gasteiger partial charge < -0.3 is 10.1 Å². The van der Waals surface area contributed by atoms with Crippen LogP contribution in [0.2, 0.25) is 0 Å². The number of aromatic nitrogens is 1. The number of nitrogens with one attached hydrogen (secondary N) is 1. The topological polar surface area (TPSA) is 75.0 Å². The summed E-state index contributed by atoms with van der Waals surface area (Å²) in [7, 11) is 0. The Hall–Kier alpha value is -2.47. The Morgan fingerprint density at radius 3 is 2.88 bits per heavy atom. The summed E-state index contributed by atoms with van der Waals surface area (Å²) in [5.74, 6) is 0.274. The molecule has 0 fully saturated rings. The maximum Gasteiger partial charge on any atom is 0.341 e. The van der Waals surface area contributed by atoms with Gasteiger partial charge in [0.1, 0.15) is 21.7 Å². The lowest BCUT2D eigenvalue weighted by Crippen LogP contribution is -2.26. The second-order valence-corrected chi connectivity index (χ2v) is 12.0. The average molecular weight is 498 g/mol. The second kappa shape index (κ2) is 9.80. The number of fused-ring (bicyclic) bond motifs is 1. The minimum atomic E-state index is -0.298. The van der Waals surface area contributed by atoms with Crippen molar-refractivity contribution in [1.29, 1.82) is 5.26 Å². The summed E-state index contributed by atoms with van der Waals surface area (Å²) in [6.07, 6.45) is 4.55. The highest BCUT2D eigenvalue weighted by Gasteiger charge is 2.34. The summed E-state index contributed by atoms with van der Waals surface area (Å²) in [6, 6.07) is 6.25. The molecular weight excluding hydrogens is 470 g/mol. The largest absolute Gasteiger partial charge is 0.462 e. The first-order valence-electron chi connectivity index (χ1n) is 11.0. The predicted octanol–water partition coefficient (Wildman–Crippen LogP) is 7.24. The molecular formula is C25H27N3O2S3. The molecule has 5 nitrogen and oxygen atoms in total. The Kier molecular flexibility index (Phi) is 7.03. The van der Waals surface area contributed by atoms with Crippen molar-refractivity contribution in [1.82, 2.24) is 4.98 Å². The van der Waals surface area contributed by atoms with Crippen LogP contribution in [-0.4, -0.2) is 17.6 Å². The van der Waals surface area contributed by atoms with Crippen molar-refractivity contribution in [3.8, 4) is 16.6 Å². The van der Waals surface area contributed by atoms with Crippen LogP contribution in [0.15, 0.2) is 29.1 Å². The van der Waals surface area contributed by atoms with Gasteiger partial charge in [-0.3, -0.25) is 0 Å². The Labute approximate surface area is 206 Å². The normalized spacial score (nSPS) is 16.2. The van der Waals surface area contributed by atoms with Crippen LogP contribution in [0.3, 0.4) is 0 Å². The first-order valence-corrected chi connectivity index (χ1v) is 13.6. The van der Waals surface area contributed by atoms with Gasteiger partial charge in [0.15, 0.2) is 0 Å². The van der Waals surface area contributed by atoms with Gasteiger partial charge >= 0.3 is 5.97 Å². The van der Waals surface area contributed by atoms with E-state index in [0.717, 1.165) is 40.4 Å². The van der Waals surface area contributed by atoms with E-state index in [4.69, 9.17) is 4.74 Å². The molecule has 3 aromatic rings. The predicted molar refractivity (Wildman–Crippen MR) is 138 cm³/mol. The fourth-order valence-electron chi connectivity index (χ4n) is 4.06. The molecule has 33 heavy (non-hydrogen) atoms. The molecule has 3 aromatic heterocycles. The van der Waals surface area contributed by atoms with Gasteiger partial charge in [0.05, 0.1) is 22.7 Å². The number of carbonyl (C=O) groups is 1. The number of thiophene rings is 2. The average Bonchev–Trinajstić information content (AvgIpc) is 3.52. The zero-order valence-electron chi connectivity index (χ0n) is 19.2. The summed E-state index contributed by atoms with van der Waals surface area (Å²) in [5.41, 5.74) is 3.26. The molecule has 172 valence electrons. The molecule has 3 heterocycles. The molecule has 0 saturated carbocycles. The van der Waals surface area contributed by atoms with E-state index in [1.165, 1.54) is 16.2 Å². The van der Waals surface area contributed by atoms with Crippen LogP contribution in [0.25, 0.3) is 16.1 Å². The Bertz CT molecular complexity index is 1210. The third kappa shape index (κ3) is 5.06. The minimum Gasteiger partial charge on any atom is -0.462 e. The molecule has 0 bridgehead atoms. The highest BCUT2D eigenvalue weighted by atomic mass is 32.1. The van der Waals surface area contributed by atoms with Gasteiger partial charge in [-0.1, -0.05) is 26.8 Å². The van der Waals surface area contributed by atoms with Crippen molar-refractivity contribution in [2.24, 2.45) is 11.3 Å². The van der Waals surface area contributed by atoms with Crippen LogP contribution in [0.5, 0.6) is 0 Å². The Morgan fingerprint density at radius 2 is 2.21 bits per heavy atom. The summed E-state index contributed by atoms with van der Waals surface area (Å²) in [5, 5.41) is 18.4. The minimum absolute atomic E-state index is 0.221. The third-order valence-corrected chi connectivity index (χ3v) is 8.90. The van der Waals surface area contributed by atoms with Crippen LogP contribution in [-0.2, 0) is 17.6 Å². The number of hydrogen-bond acceptors (Lipinski definition) is 8. The highest BCUT2D eigenvalue weighted by Crippen LogP contribution is 2.44. The van der Waals surface area contributed by atoms with Crippen LogP contribution >= 0.6 is 34.0 Å². The van der Waals surface area contributed by atoms with Crippen molar-refractivity contribution in [3.05, 3.63) is 50.1 Å². The van der Waals surface area contributed by atoms with E-state index in [2.05, 4.69) is 37.1 Å². The van der Waals surface area contributed by atoms with E-state index in [0.29, 0.717) is 28.7 Å². The van der Waals surface area contributed by atoms with E-state index in [1.807, 2.05) is 29.8 Å². The number of esters is 1. The van der Waals surface area contributed by atoms with Crippen LogP contribution in [0, 0.1) is 22.7 Å². The number of thiazole rings is 1. The fourth-order valence-corrected chi connectivity index (χ4v) is 6.89. The molecule has 0 spiro atoms. The molecule has 0 saturated heterocycles. The smallest absolute Gasteiger partial charge is 0.341 e. The molecule has 1 atom stereocenters. The van der Waals surface area contributed by atoms with Crippen LogP contribution < -0.4 is 5.32 Å². The van der Waals surface area contributed by atoms with Crippen molar-refractivity contribution in [2.75, 3.05) is 11.9 Å². The van der Waals surface area contributed by atoms with Gasteiger partial charge in [-0.05, 0) is 54.5 Å². The molecule has 0 amide bonds. The summed E-state index contributed by atoms with van der Waals surface area (Å²) >= 11 is 4.67. The maximum absolute atomic E-state index is 12.8. The number of anilines is 1. The molecule has 1 aliphatic rings. The first kappa shape index (κ1) is 23.7. The number of ether oxygens (including phenoxy) is 1. The second-order valence-electron chi connectivity index (χ2n) is 9.06. The molecule has 1 aliphatic carbocycles. The number of nitrogens with zero attached hydrogens (tertiary/aromatic N) is 2. The van der Waals surface area contributed by atoms with E-state index in [9.17, 15) is 10.1 Å². The van der Waals surface area contributed by atoms with Gasteiger partial charge in [-0.2, -0.15) is 5.26 Å². The lowest BCUT2D eigenvalue weighted by Gasteiger charge is -2.33. The van der Waals surface area contributed by atoms with E-state index in [-0.39, 0.29) is 11.4 Å². The highest BCUT2D eigenvalue weighted by molar-refractivity contribution is 7.17. The molecule has 1 unspecified atom stereocenters. The third-order valence-electron chi connectivity index (χ3n) is 5.95. The van der Waals surface area contributed by atoms with Gasteiger partial charge in [-0.15, -0.1) is 34.0 Å². The summed E-state index contributed by atoms with van der Waals surface area (Å²) < 4.78 is 5.38. The molecule has 4 rings (SSSR count). The molecule has 0 aliphatic heterocycles. The number of hydrogen-bond donors (Lipinski definition) is 1. The lowest BCUT2D eigenvalue weighted by atomic mass is 9.72. The first-order chi connectivity index (χ1) is 15.8. The van der Waals surface area contributed by atoms with Crippen LogP contribution in [0.1, 0.15) is 59.9 Å². The van der Waals surface area contributed by atoms with Crippen molar-refractivity contribution in [2.45, 2.75) is 47.0 Å². The van der Waals surface area contributed by atoms with Crippen LogP contribution in [0.4, 0.5) is 5.00 Å². The molecule has 0 aromatic carbocycles. The maximum atomic E-state index is 12.8. The van der Waals surface area contributed by atoms with Crippen molar-refractivity contribution >= 4 is 50.6 Å². The number of carbonyl (C=O) groups excluding carboxylic acids is 1. The summed E-state index contributed by atoms with van der Waals surface area (Å²) in [4.78, 5) is 19.8. The zero-order valence-corrected chi connectivity index (χ0v) is 21.7. The monoisotopic (exact) mass is 497 g/mol. The Balaban J connectivity index is 1.64.